The van der Waals surface area contributed by atoms with Crippen LogP contribution in [0, 0.1) is 0 Å². The normalized spacial score (nSPS) is 10.0. The van der Waals surface area contributed by atoms with Gasteiger partial charge >= 0.3 is 0 Å². The minimum absolute atomic E-state index is 0. The van der Waals surface area contributed by atoms with Crippen LogP contribution in [0.3, 0.4) is 0 Å². The molecule has 0 unspecified atom stereocenters. The molecular formula is C8H21N. The first-order valence-electron chi connectivity index (χ1n) is 3.70. The summed E-state index contributed by atoms with van der Waals surface area (Å²) < 4.78 is 0. The smallest absolute Gasteiger partial charge is 0.00686 e. The third-order valence-electron chi connectivity index (χ3n) is 0.500. The van der Waals surface area contributed by atoms with Crippen LogP contribution in [0.2, 0.25) is 0 Å². The highest BCUT2D eigenvalue weighted by Gasteiger charge is 1.95. The molecule has 0 aliphatic carbocycles. The van der Waals surface area contributed by atoms with Crippen LogP contribution in [-0.4, -0.2) is 5.54 Å². The number of nitrogens with two attached hydrogens (primary N) is 1. The summed E-state index contributed by atoms with van der Waals surface area (Å²) in [4.78, 5) is 0. The van der Waals surface area contributed by atoms with E-state index in [9.17, 15) is 0 Å². The summed E-state index contributed by atoms with van der Waals surface area (Å²) in [6.07, 6.45) is 2.64. The number of hydrogen-bond acceptors (Lipinski definition) is 1. The van der Waals surface area contributed by atoms with Gasteiger partial charge in [-0.25, -0.2) is 0 Å². The molecule has 0 aromatic carbocycles. The molecular weight excluding hydrogens is 110 g/mol. The molecule has 2 N–H and O–H groups in total. The van der Waals surface area contributed by atoms with Gasteiger partial charge in [0.25, 0.3) is 0 Å². The fourth-order valence-corrected chi connectivity index (χ4v) is 0. The van der Waals surface area contributed by atoms with Crippen LogP contribution in [0.1, 0.15) is 47.5 Å². The van der Waals surface area contributed by atoms with E-state index in [2.05, 4.69) is 13.8 Å². The lowest BCUT2D eigenvalue weighted by molar-refractivity contribution is 0.580. The highest BCUT2D eigenvalue weighted by atomic mass is 14.7. The van der Waals surface area contributed by atoms with Gasteiger partial charge in [-0.05, 0) is 20.8 Å². The number of unbranched alkanes of at least 4 members (excludes halogenated alkanes) is 1. The van der Waals surface area contributed by atoms with E-state index in [1.807, 2.05) is 20.8 Å². The Kier molecular flexibility index (Phi) is 7.92. The Morgan fingerprint density at radius 2 is 1.11 bits per heavy atom. The van der Waals surface area contributed by atoms with E-state index in [-0.39, 0.29) is 5.54 Å². The van der Waals surface area contributed by atoms with Crippen molar-refractivity contribution in [2.45, 2.75) is 53.0 Å². The Bertz CT molecular complexity index is 35.0. The van der Waals surface area contributed by atoms with E-state index in [0.29, 0.717) is 0 Å². The fraction of sp³-hybridized carbons (Fsp3) is 1.00. The lowest BCUT2D eigenvalue weighted by Crippen LogP contribution is -2.26. The maximum Gasteiger partial charge on any atom is 0.00686 e. The summed E-state index contributed by atoms with van der Waals surface area (Å²) >= 11 is 0. The van der Waals surface area contributed by atoms with Crippen molar-refractivity contribution in [3.8, 4) is 0 Å². The Hall–Kier alpha value is -0.0400. The van der Waals surface area contributed by atoms with Crippen LogP contribution in [0.25, 0.3) is 0 Å². The number of hydrogen-bond donors (Lipinski definition) is 1. The minimum atomic E-state index is 0. The molecule has 0 aromatic rings. The van der Waals surface area contributed by atoms with Gasteiger partial charge in [-0.15, -0.1) is 0 Å². The van der Waals surface area contributed by atoms with E-state index in [4.69, 9.17) is 5.73 Å². The molecule has 0 heterocycles. The summed E-state index contributed by atoms with van der Waals surface area (Å²) in [5.74, 6) is 0. The Balaban J connectivity index is 0. The predicted molar refractivity (Wildman–Crippen MR) is 44.5 cm³/mol. The molecule has 0 saturated carbocycles. The van der Waals surface area contributed by atoms with Crippen molar-refractivity contribution in [2.75, 3.05) is 0 Å². The second-order valence-electron chi connectivity index (χ2n) is 3.37. The average molecular weight is 131 g/mol. The highest BCUT2D eigenvalue weighted by molar-refractivity contribution is 4.60. The maximum absolute atomic E-state index is 5.35. The van der Waals surface area contributed by atoms with E-state index in [1.54, 1.807) is 0 Å². The molecule has 0 aliphatic heterocycles. The molecule has 58 valence electrons. The van der Waals surface area contributed by atoms with Crippen molar-refractivity contribution in [1.29, 1.82) is 0 Å². The van der Waals surface area contributed by atoms with Gasteiger partial charge in [0.1, 0.15) is 0 Å². The summed E-state index contributed by atoms with van der Waals surface area (Å²) in [5.41, 5.74) is 5.35. The molecule has 0 amide bonds. The van der Waals surface area contributed by atoms with Crippen molar-refractivity contribution in [3.05, 3.63) is 0 Å². The summed E-state index contributed by atoms with van der Waals surface area (Å²) in [7, 11) is 0. The second kappa shape index (κ2) is 6.09. The molecule has 1 heteroatoms. The van der Waals surface area contributed by atoms with Crippen molar-refractivity contribution >= 4 is 0 Å². The van der Waals surface area contributed by atoms with Crippen molar-refractivity contribution in [3.63, 3.8) is 0 Å². The van der Waals surface area contributed by atoms with Gasteiger partial charge in [0.05, 0.1) is 0 Å². The van der Waals surface area contributed by atoms with Gasteiger partial charge in [-0.1, -0.05) is 26.7 Å². The Morgan fingerprint density at radius 1 is 1.00 bits per heavy atom. The molecule has 0 atom stereocenters. The van der Waals surface area contributed by atoms with Gasteiger partial charge in [0, 0.05) is 5.54 Å². The zero-order valence-electron chi connectivity index (χ0n) is 7.49. The standard InChI is InChI=1S/C4H11N.C4H10/c1-4(2,3)5;1-3-4-2/h5H2,1-3H3;3-4H2,1-2H3. The van der Waals surface area contributed by atoms with Crippen LogP contribution in [-0.2, 0) is 0 Å². The third-order valence-corrected chi connectivity index (χ3v) is 0.500. The monoisotopic (exact) mass is 131 g/mol. The first kappa shape index (κ1) is 11.7. The van der Waals surface area contributed by atoms with Crippen LogP contribution >= 0.6 is 0 Å². The predicted octanol–water partition coefficient (Wildman–Crippen LogP) is 2.55. The zero-order valence-corrected chi connectivity index (χ0v) is 7.49. The van der Waals surface area contributed by atoms with Crippen LogP contribution < -0.4 is 5.73 Å². The molecule has 0 saturated heterocycles. The van der Waals surface area contributed by atoms with Gasteiger partial charge in [0.2, 0.25) is 0 Å². The van der Waals surface area contributed by atoms with Crippen LogP contribution in [0.4, 0.5) is 0 Å². The quantitative estimate of drug-likeness (QED) is 0.581. The summed E-state index contributed by atoms with van der Waals surface area (Å²) in [6.45, 7) is 10.3. The molecule has 0 fully saturated rings. The Labute approximate surface area is 59.6 Å². The van der Waals surface area contributed by atoms with E-state index in [1.165, 1.54) is 12.8 Å². The Morgan fingerprint density at radius 3 is 1.11 bits per heavy atom. The average Bonchev–Trinajstić information content (AvgIpc) is 1.61. The first-order valence-corrected chi connectivity index (χ1v) is 3.70. The topological polar surface area (TPSA) is 26.0 Å². The molecule has 0 bridgehead atoms. The second-order valence-corrected chi connectivity index (χ2v) is 3.37. The highest BCUT2D eigenvalue weighted by Crippen LogP contribution is 1.88. The lowest BCUT2D eigenvalue weighted by atomic mass is 10.1. The van der Waals surface area contributed by atoms with Crippen molar-refractivity contribution in [2.24, 2.45) is 5.73 Å². The molecule has 1 nitrogen and oxygen atoms in total. The van der Waals surface area contributed by atoms with Crippen molar-refractivity contribution < 1.29 is 0 Å². The lowest BCUT2D eigenvalue weighted by Gasteiger charge is -2.06. The van der Waals surface area contributed by atoms with E-state index < -0.39 is 0 Å². The van der Waals surface area contributed by atoms with Crippen LogP contribution in [0.15, 0.2) is 0 Å². The molecule has 0 rings (SSSR count). The first-order chi connectivity index (χ1) is 3.91. The maximum atomic E-state index is 5.35. The van der Waals surface area contributed by atoms with Crippen LogP contribution in [0.5, 0.6) is 0 Å². The molecule has 0 spiro atoms. The zero-order chi connectivity index (χ0) is 7.91. The molecule has 0 aliphatic rings. The van der Waals surface area contributed by atoms with E-state index >= 15 is 0 Å². The van der Waals surface area contributed by atoms with Gasteiger partial charge in [-0.3, -0.25) is 0 Å². The van der Waals surface area contributed by atoms with Crippen molar-refractivity contribution in [1.82, 2.24) is 0 Å². The summed E-state index contributed by atoms with van der Waals surface area (Å²) in [5, 5.41) is 0. The van der Waals surface area contributed by atoms with E-state index in [0.717, 1.165) is 0 Å². The summed E-state index contributed by atoms with van der Waals surface area (Å²) in [6, 6.07) is 0. The number of rotatable bonds is 1. The minimum Gasteiger partial charge on any atom is -0.326 e. The molecule has 0 radical (unpaired) electrons. The largest absolute Gasteiger partial charge is 0.326 e. The third kappa shape index (κ3) is 307. The molecule has 9 heavy (non-hydrogen) atoms. The SMILES string of the molecule is CC(C)(C)N.CCCC. The van der Waals surface area contributed by atoms with Gasteiger partial charge < -0.3 is 5.73 Å². The van der Waals surface area contributed by atoms with Gasteiger partial charge in [-0.2, -0.15) is 0 Å². The molecule has 0 aromatic heterocycles. The fourth-order valence-electron chi connectivity index (χ4n) is 0. The van der Waals surface area contributed by atoms with Gasteiger partial charge in [0.15, 0.2) is 0 Å².